The van der Waals surface area contributed by atoms with Crippen molar-refractivity contribution in [3.8, 4) is 11.6 Å². The van der Waals surface area contributed by atoms with Crippen LogP contribution in [-0.4, -0.2) is 31.3 Å². The van der Waals surface area contributed by atoms with Gasteiger partial charge in [0.15, 0.2) is 10.9 Å². The van der Waals surface area contributed by atoms with E-state index in [1.54, 1.807) is 12.1 Å². The summed E-state index contributed by atoms with van der Waals surface area (Å²) >= 11 is 1.20. The SMILES string of the molecule is C=CCn1c(SCC(=O)Nc2cccc([N+](=O)[O-])c2)nnc1-c1cc2ccccc2o1. The summed E-state index contributed by atoms with van der Waals surface area (Å²) in [7, 11) is 0. The van der Waals surface area contributed by atoms with Gasteiger partial charge in [-0.15, -0.1) is 16.8 Å². The molecule has 2 aromatic carbocycles. The third-order valence-electron chi connectivity index (χ3n) is 4.35. The number of allylic oxidation sites excluding steroid dienone is 1. The number of para-hydroxylation sites is 1. The Morgan fingerprint density at radius 2 is 2.06 bits per heavy atom. The number of carbonyl (C=O) groups excluding carboxylic acids is 1. The van der Waals surface area contributed by atoms with E-state index in [9.17, 15) is 14.9 Å². The summed E-state index contributed by atoms with van der Waals surface area (Å²) in [6, 6.07) is 15.3. The number of fused-ring (bicyclic) bond motifs is 1. The largest absolute Gasteiger partial charge is 0.453 e. The number of non-ortho nitro benzene ring substituents is 1. The standard InChI is InChI=1S/C21H17N5O4S/c1-2-10-25-20(18-11-14-6-3-4-9-17(14)30-18)23-24-21(25)31-13-19(27)22-15-7-5-8-16(12-15)26(28)29/h2-9,11-12H,1,10,13H2,(H,22,27). The van der Waals surface area contributed by atoms with E-state index in [0.717, 1.165) is 11.0 Å². The van der Waals surface area contributed by atoms with Gasteiger partial charge in [-0.2, -0.15) is 0 Å². The number of amides is 1. The Kier molecular flexibility index (Phi) is 5.80. The van der Waals surface area contributed by atoms with Gasteiger partial charge in [-0.3, -0.25) is 19.5 Å². The molecular formula is C21H17N5O4S. The van der Waals surface area contributed by atoms with Gasteiger partial charge in [0.2, 0.25) is 11.7 Å². The zero-order chi connectivity index (χ0) is 21.8. The molecule has 9 nitrogen and oxygen atoms in total. The van der Waals surface area contributed by atoms with Gasteiger partial charge in [0, 0.05) is 29.8 Å². The molecule has 0 atom stereocenters. The van der Waals surface area contributed by atoms with Crippen LogP contribution in [0.5, 0.6) is 0 Å². The molecule has 31 heavy (non-hydrogen) atoms. The molecule has 0 spiro atoms. The smallest absolute Gasteiger partial charge is 0.271 e. The van der Waals surface area contributed by atoms with Crippen molar-refractivity contribution >= 4 is 40.0 Å². The molecule has 0 unspecified atom stereocenters. The quantitative estimate of drug-likeness (QED) is 0.187. The van der Waals surface area contributed by atoms with Crippen molar-refractivity contribution in [2.75, 3.05) is 11.1 Å². The second-order valence-electron chi connectivity index (χ2n) is 6.50. The number of nitrogens with zero attached hydrogens (tertiary/aromatic N) is 4. The van der Waals surface area contributed by atoms with Crippen molar-refractivity contribution < 1.29 is 14.1 Å². The van der Waals surface area contributed by atoms with Gasteiger partial charge in [0.05, 0.1) is 10.7 Å². The summed E-state index contributed by atoms with van der Waals surface area (Å²) < 4.78 is 7.70. The lowest BCUT2D eigenvalue weighted by Crippen LogP contribution is -2.14. The number of thioether (sulfide) groups is 1. The highest BCUT2D eigenvalue weighted by Crippen LogP contribution is 2.29. The summed E-state index contributed by atoms with van der Waals surface area (Å²) in [5.74, 6) is 0.850. The average molecular weight is 435 g/mol. The predicted octanol–water partition coefficient (Wildman–Crippen LogP) is 4.52. The minimum Gasteiger partial charge on any atom is -0.453 e. The topological polar surface area (TPSA) is 116 Å². The summed E-state index contributed by atoms with van der Waals surface area (Å²) in [4.78, 5) is 22.7. The first-order valence-corrected chi connectivity index (χ1v) is 10.2. The lowest BCUT2D eigenvalue weighted by atomic mass is 10.2. The molecule has 156 valence electrons. The number of hydrogen-bond acceptors (Lipinski definition) is 7. The van der Waals surface area contributed by atoms with Crippen LogP contribution in [0.25, 0.3) is 22.6 Å². The maximum absolute atomic E-state index is 12.3. The van der Waals surface area contributed by atoms with E-state index in [1.165, 1.54) is 30.0 Å². The van der Waals surface area contributed by atoms with E-state index in [1.807, 2.05) is 34.9 Å². The van der Waals surface area contributed by atoms with Crippen LogP contribution in [0.2, 0.25) is 0 Å². The van der Waals surface area contributed by atoms with Crippen LogP contribution in [0.15, 0.2) is 76.8 Å². The third kappa shape index (κ3) is 4.48. The Bertz CT molecular complexity index is 1250. The molecule has 0 radical (unpaired) electrons. The molecule has 0 aliphatic carbocycles. The molecule has 0 saturated carbocycles. The predicted molar refractivity (Wildman–Crippen MR) is 118 cm³/mol. The van der Waals surface area contributed by atoms with E-state index in [2.05, 4.69) is 22.1 Å². The van der Waals surface area contributed by atoms with E-state index in [4.69, 9.17) is 4.42 Å². The Morgan fingerprint density at radius 3 is 2.84 bits per heavy atom. The van der Waals surface area contributed by atoms with Crippen molar-refractivity contribution in [2.45, 2.75) is 11.7 Å². The number of rotatable bonds is 8. The van der Waals surface area contributed by atoms with Gasteiger partial charge in [-0.1, -0.05) is 42.1 Å². The number of nitro groups is 1. The van der Waals surface area contributed by atoms with Crippen LogP contribution in [0.4, 0.5) is 11.4 Å². The van der Waals surface area contributed by atoms with E-state index >= 15 is 0 Å². The van der Waals surface area contributed by atoms with Crippen LogP contribution in [0.3, 0.4) is 0 Å². The van der Waals surface area contributed by atoms with Gasteiger partial charge in [0.1, 0.15) is 5.58 Å². The first kappa shape index (κ1) is 20.4. The van der Waals surface area contributed by atoms with Gasteiger partial charge in [-0.05, 0) is 18.2 Å². The van der Waals surface area contributed by atoms with Crippen LogP contribution < -0.4 is 5.32 Å². The van der Waals surface area contributed by atoms with E-state index in [-0.39, 0.29) is 17.3 Å². The fraction of sp³-hybridized carbons (Fsp3) is 0.0952. The van der Waals surface area contributed by atoms with Crippen LogP contribution in [0, 0.1) is 10.1 Å². The molecule has 2 heterocycles. The average Bonchev–Trinajstić information content (AvgIpc) is 3.36. The summed E-state index contributed by atoms with van der Waals surface area (Å²) in [5, 5.41) is 23.5. The summed E-state index contributed by atoms with van der Waals surface area (Å²) in [6.45, 7) is 4.22. The molecule has 4 aromatic rings. The number of furan rings is 1. The van der Waals surface area contributed by atoms with Crippen molar-refractivity contribution in [1.82, 2.24) is 14.8 Å². The maximum atomic E-state index is 12.3. The maximum Gasteiger partial charge on any atom is 0.271 e. The second-order valence-corrected chi connectivity index (χ2v) is 7.44. The van der Waals surface area contributed by atoms with Crippen LogP contribution in [-0.2, 0) is 11.3 Å². The molecule has 10 heteroatoms. The van der Waals surface area contributed by atoms with Crippen LogP contribution in [0.1, 0.15) is 0 Å². The van der Waals surface area contributed by atoms with E-state index < -0.39 is 4.92 Å². The Balaban J connectivity index is 1.49. The van der Waals surface area contributed by atoms with Crippen molar-refractivity contribution in [3.63, 3.8) is 0 Å². The Labute approximate surface area is 180 Å². The van der Waals surface area contributed by atoms with Gasteiger partial charge >= 0.3 is 0 Å². The number of nitro benzene ring substituents is 1. The molecule has 0 saturated heterocycles. The first-order chi connectivity index (χ1) is 15.0. The molecule has 1 N–H and O–H groups in total. The molecule has 0 fully saturated rings. The number of aromatic nitrogens is 3. The molecule has 1 amide bonds. The minimum absolute atomic E-state index is 0.0537. The molecule has 4 rings (SSSR count). The highest BCUT2D eigenvalue weighted by molar-refractivity contribution is 7.99. The zero-order valence-electron chi connectivity index (χ0n) is 16.2. The molecule has 0 aliphatic rings. The molecule has 0 bridgehead atoms. The van der Waals surface area contributed by atoms with Crippen molar-refractivity contribution in [2.24, 2.45) is 0 Å². The lowest BCUT2D eigenvalue weighted by Gasteiger charge is -2.07. The van der Waals surface area contributed by atoms with Gasteiger partial charge in [0.25, 0.3) is 5.69 Å². The molecule has 2 aromatic heterocycles. The monoisotopic (exact) mass is 435 g/mol. The van der Waals surface area contributed by atoms with Crippen molar-refractivity contribution in [3.05, 3.63) is 77.4 Å². The van der Waals surface area contributed by atoms with Gasteiger partial charge in [-0.25, -0.2) is 0 Å². The highest BCUT2D eigenvalue weighted by Gasteiger charge is 2.18. The Hall–Kier alpha value is -3.92. The van der Waals surface area contributed by atoms with Gasteiger partial charge < -0.3 is 9.73 Å². The second kappa shape index (κ2) is 8.84. The zero-order valence-corrected chi connectivity index (χ0v) is 17.0. The number of anilines is 1. The van der Waals surface area contributed by atoms with Crippen molar-refractivity contribution in [1.29, 1.82) is 0 Å². The normalized spacial score (nSPS) is 10.8. The Morgan fingerprint density at radius 1 is 1.23 bits per heavy atom. The summed E-state index contributed by atoms with van der Waals surface area (Å²) in [5.41, 5.74) is 1.01. The summed E-state index contributed by atoms with van der Waals surface area (Å²) in [6.07, 6.45) is 1.71. The number of nitrogens with one attached hydrogen (secondary N) is 1. The number of hydrogen-bond donors (Lipinski definition) is 1. The highest BCUT2D eigenvalue weighted by atomic mass is 32.2. The fourth-order valence-electron chi connectivity index (χ4n) is 2.99. The number of benzene rings is 2. The third-order valence-corrected chi connectivity index (χ3v) is 5.31. The molecule has 0 aliphatic heterocycles. The lowest BCUT2D eigenvalue weighted by molar-refractivity contribution is -0.384. The molecular weight excluding hydrogens is 418 g/mol. The van der Waals surface area contributed by atoms with E-state index in [0.29, 0.717) is 29.0 Å². The minimum atomic E-state index is -0.512. The fourth-order valence-corrected chi connectivity index (χ4v) is 3.74. The van der Waals surface area contributed by atoms with Crippen LogP contribution >= 0.6 is 11.8 Å². The first-order valence-electron chi connectivity index (χ1n) is 9.25. The number of carbonyl (C=O) groups is 1.